The van der Waals surface area contributed by atoms with Gasteiger partial charge in [0.2, 0.25) is 0 Å². The Hall–Kier alpha value is -2.05. The summed E-state index contributed by atoms with van der Waals surface area (Å²) in [5.41, 5.74) is -1.35. The van der Waals surface area contributed by atoms with E-state index in [1.54, 1.807) is 0 Å². The Kier molecular flexibility index (Phi) is 6.48. The van der Waals surface area contributed by atoms with Crippen LogP contribution in [0.4, 0.5) is 0 Å². The van der Waals surface area contributed by atoms with Crippen molar-refractivity contribution in [1.82, 2.24) is 0 Å². The van der Waals surface area contributed by atoms with Gasteiger partial charge in [0.15, 0.2) is 0 Å². The van der Waals surface area contributed by atoms with Crippen LogP contribution in [0, 0.1) is 5.41 Å². The lowest BCUT2D eigenvalue weighted by atomic mass is 9.75. The molecule has 0 bridgehead atoms. The lowest BCUT2D eigenvalue weighted by molar-refractivity contribution is -0.148. The van der Waals surface area contributed by atoms with Gasteiger partial charge in [-0.3, -0.25) is 14.4 Å². The van der Waals surface area contributed by atoms with E-state index < -0.39 is 42.6 Å². The zero-order chi connectivity index (χ0) is 14.2. The van der Waals surface area contributed by atoms with E-state index in [4.69, 9.17) is 20.1 Å². The molecule has 0 aromatic rings. The summed E-state index contributed by atoms with van der Waals surface area (Å²) in [7, 11) is 0. The molecule has 7 nitrogen and oxygen atoms in total. The molecule has 0 aliphatic heterocycles. The molecule has 0 aromatic heterocycles. The number of carboxylic acid groups (broad SMARTS) is 3. The van der Waals surface area contributed by atoms with Crippen LogP contribution in [0.5, 0.6) is 0 Å². The van der Waals surface area contributed by atoms with E-state index in [9.17, 15) is 14.4 Å². The average molecular weight is 260 g/mol. The molecule has 102 valence electrons. The normalized spacial score (nSPS) is 10.7. The van der Waals surface area contributed by atoms with Crippen molar-refractivity contribution in [2.24, 2.45) is 5.41 Å². The predicted octanol–water partition coefficient (Wildman–Crippen LogP) is 0.947. The number of hydrogen-bond acceptors (Lipinski definition) is 4. The highest BCUT2D eigenvalue weighted by molar-refractivity contribution is 5.75. The fourth-order valence-corrected chi connectivity index (χ4v) is 1.77. The lowest BCUT2D eigenvalue weighted by Gasteiger charge is -2.28. The maximum Gasteiger partial charge on any atom is 0.303 e. The minimum Gasteiger partial charge on any atom is -0.502 e. The highest BCUT2D eigenvalue weighted by Gasteiger charge is 2.37. The molecule has 0 aromatic carbocycles. The molecule has 0 aliphatic rings. The SMILES string of the molecule is C=COCCC(CC(=O)O)(CC(=O)O)CC(=O)O. The zero-order valence-electron chi connectivity index (χ0n) is 9.79. The fraction of sp³-hybridized carbons (Fsp3) is 0.545. The van der Waals surface area contributed by atoms with Crippen molar-refractivity contribution < 1.29 is 34.4 Å². The molecule has 0 aliphatic carbocycles. The fourth-order valence-electron chi connectivity index (χ4n) is 1.77. The van der Waals surface area contributed by atoms with Crippen molar-refractivity contribution in [3.05, 3.63) is 12.8 Å². The molecule has 3 N–H and O–H groups in total. The third-order valence-electron chi connectivity index (χ3n) is 2.45. The molecule has 0 unspecified atom stereocenters. The van der Waals surface area contributed by atoms with Gasteiger partial charge in [-0.25, -0.2) is 0 Å². The lowest BCUT2D eigenvalue weighted by Crippen LogP contribution is -2.31. The molecule has 0 heterocycles. The third kappa shape index (κ3) is 6.51. The van der Waals surface area contributed by atoms with Crippen molar-refractivity contribution >= 4 is 17.9 Å². The number of ether oxygens (including phenoxy) is 1. The Morgan fingerprint density at radius 3 is 1.67 bits per heavy atom. The largest absolute Gasteiger partial charge is 0.502 e. The van der Waals surface area contributed by atoms with Crippen LogP contribution in [-0.4, -0.2) is 39.8 Å². The second-order valence-electron chi connectivity index (χ2n) is 4.00. The zero-order valence-corrected chi connectivity index (χ0v) is 9.79. The van der Waals surface area contributed by atoms with Crippen molar-refractivity contribution in [3.63, 3.8) is 0 Å². The smallest absolute Gasteiger partial charge is 0.303 e. The summed E-state index contributed by atoms with van der Waals surface area (Å²) >= 11 is 0. The van der Waals surface area contributed by atoms with Gasteiger partial charge >= 0.3 is 17.9 Å². The van der Waals surface area contributed by atoms with Gasteiger partial charge in [-0.2, -0.15) is 0 Å². The van der Waals surface area contributed by atoms with Crippen molar-refractivity contribution in [2.45, 2.75) is 25.7 Å². The molecule has 0 fully saturated rings. The number of aliphatic carboxylic acids is 3. The van der Waals surface area contributed by atoms with Gasteiger partial charge in [-0.1, -0.05) is 6.58 Å². The van der Waals surface area contributed by atoms with E-state index in [0.29, 0.717) is 0 Å². The topological polar surface area (TPSA) is 121 Å². The highest BCUT2D eigenvalue weighted by Crippen LogP contribution is 2.35. The Morgan fingerprint density at radius 2 is 1.39 bits per heavy atom. The van der Waals surface area contributed by atoms with E-state index >= 15 is 0 Å². The summed E-state index contributed by atoms with van der Waals surface area (Å²) in [5.74, 6) is -3.72. The van der Waals surface area contributed by atoms with Gasteiger partial charge in [0.1, 0.15) is 0 Å². The van der Waals surface area contributed by atoms with Crippen LogP contribution in [0.2, 0.25) is 0 Å². The van der Waals surface area contributed by atoms with Gasteiger partial charge in [0.05, 0.1) is 32.1 Å². The summed E-state index contributed by atoms with van der Waals surface area (Å²) in [6.45, 7) is 3.32. The molecular weight excluding hydrogens is 244 g/mol. The van der Waals surface area contributed by atoms with Crippen LogP contribution in [0.3, 0.4) is 0 Å². The second-order valence-corrected chi connectivity index (χ2v) is 4.00. The molecule has 0 atom stereocenters. The Balaban J connectivity index is 4.96. The van der Waals surface area contributed by atoms with Crippen molar-refractivity contribution in [3.8, 4) is 0 Å². The molecule has 0 rings (SSSR count). The molecule has 0 saturated heterocycles. The highest BCUT2D eigenvalue weighted by atomic mass is 16.5. The summed E-state index contributed by atoms with van der Waals surface area (Å²) in [6, 6.07) is 0. The first-order chi connectivity index (χ1) is 8.31. The van der Waals surface area contributed by atoms with Crippen LogP contribution >= 0.6 is 0 Å². The van der Waals surface area contributed by atoms with E-state index in [1.165, 1.54) is 0 Å². The minimum atomic E-state index is -1.35. The first-order valence-electron chi connectivity index (χ1n) is 5.19. The van der Waals surface area contributed by atoms with Gasteiger partial charge < -0.3 is 20.1 Å². The van der Waals surface area contributed by atoms with Crippen LogP contribution < -0.4 is 0 Å². The van der Waals surface area contributed by atoms with Gasteiger partial charge in [0, 0.05) is 5.41 Å². The summed E-state index contributed by atoms with van der Waals surface area (Å²) in [5, 5.41) is 26.4. The third-order valence-corrected chi connectivity index (χ3v) is 2.45. The van der Waals surface area contributed by atoms with Gasteiger partial charge in [-0.15, -0.1) is 0 Å². The van der Waals surface area contributed by atoms with Crippen LogP contribution in [0.15, 0.2) is 12.8 Å². The second kappa shape index (κ2) is 7.31. The molecule has 0 spiro atoms. The Morgan fingerprint density at radius 1 is 1.00 bits per heavy atom. The minimum absolute atomic E-state index is 0.0178. The standard InChI is InChI=1S/C11H16O7/c1-2-18-4-3-11(5-8(12)13,6-9(14)15)7-10(16)17/h2H,1,3-7H2,(H,12,13)(H,14,15)(H,16,17). The molecular formula is C11H16O7. The molecule has 0 saturated carbocycles. The van der Waals surface area contributed by atoms with E-state index in [2.05, 4.69) is 6.58 Å². The van der Waals surface area contributed by atoms with Gasteiger partial charge in [0.25, 0.3) is 0 Å². The van der Waals surface area contributed by atoms with E-state index in [1.807, 2.05) is 0 Å². The molecule has 0 amide bonds. The maximum atomic E-state index is 10.8. The quantitative estimate of drug-likeness (QED) is 0.395. The van der Waals surface area contributed by atoms with Gasteiger partial charge in [-0.05, 0) is 6.42 Å². The van der Waals surface area contributed by atoms with Crippen molar-refractivity contribution in [2.75, 3.05) is 6.61 Å². The van der Waals surface area contributed by atoms with Crippen LogP contribution in [0.1, 0.15) is 25.7 Å². The van der Waals surface area contributed by atoms with Crippen molar-refractivity contribution in [1.29, 1.82) is 0 Å². The Labute approximate surface area is 104 Å². The first kappa shape index (κ1) is 16.0. The van der Waals surface area contributed by atoms with E-state index in [-0.39, 0.29) is 13.0 Å². The molecule has 0 radical (unpaired) electrons. The summed E-state index contributed by atoms with van der Waals surface area (Å²) in [4.78, 5) is 32.3. The Bertz CT molecular complexity index is 293. The first-order valence-corrected chi connectivity index (χ1v) is 5.19. The predicted molar refractivity (Wildman–Crippen MR) is 60.0 cm³/mol. The number of carbonyl (C=O) groups is 3. The monoisotopic (exact) mass is 260 g/mol. The molecule has 7 heteroatoms. The summed E-state index contributed by atoms with van der Waals surface area (Å²) in [6.07, 6.45) is -0.457. The average Bonchev–Trinajstić information content (AvgIpc) is 2.13. The number of hydrogen-bond donors (Lipinski definition) is 3. The number of carboxylic acids is 3. The van der Waals surface area contributed by atoms with Crippen LogP contribution in [-0.2, 0) is 19.1 Å². The van der Waals surface area contributed by atoms with E-state index in [0.717, 1.165) is 6.26 Å². The number of rotatable bonds is 10. The summed E-state index contributed by atoms with van der Waals surface area (Å²) < 4.78 is 4.82. The maximum absolute atomic E-state index is 10.8. The van der Waals surface area contributed by atoms with Crippen LogP contribution in [0.25, 0.3) is 0 Å². The molecule has 18 heavy (non-hydrogen) atoms.